The molecule has 1 aliphatic heterocycles. The molecule has 0 saturated carbocycles. The molecule has 2 aromatic rings. The van der Waals surface area contributed by atoms with Crippen molar-refractivity contribution in [3.8, 4) is 0 Å². The molecule has 2 heterocycles. The number of hydrogen-bond acceptors (Lipinski definition) is 5. The van der Waals surface area contributed by atoms with E-state index in [1.165, 1.54) is 16.7 Å². The van der Waals surface area contributed by atoms with Gasteiger partial charge in [-0.1, -0.05) is 0 Å². The molecule has 0 saturated heterocycles. The Labute approximate surface area is 141 Å². The first-order valence-corrected chi connectivity index (χ1v) is 10.7. The van der Waals surface area contributed by atoms with Gasteiger partial charge in [-0.05, 0) is 37.0 Å². The van der Waals surface area contributed by atoms with Gasteiger partial charge in [0.2, 0.25) is 0 Å². The Hall–Kier alpha value is -1.77. The molecule has 0 atom stereocenters. The van der Waals surface area contributed by atoms with Crippen molar-refractivity contribution in [3.63, 3.8) is 0 Å². The molecule has 1 aromatic carbocycles. The van der Waals surface area contributed by atoms with Crippen molar-refractivity contribution < 1.29 is 9.13 Å². The fraction of sp³-hybridized carbons (Fsp3) is 0.438. The summed E-state index contributed by atoms with van der Waals surface area (Å²) in [6.07, 6.45) is 6.67. The van der Waals surface area contributed by atoms with Gasteiger partial charge in [-0.25, -0.2) is 14.4 Å². The van der Waals surface area contributed by atoms with Crippen LogP contribution in [0.4, 0.5) is 15.9 Å². The van der Waals surface area contributed by atoms with E-state index in [0.717, 1.165) is 11.4 Å². The van der Waals surface area contributed by atoms with E-state index in [-0.39, 0.29) is 12.3 Å². The summed E-state index contributed by atoms with van der Waals surface area (Å²) in [4.78, 5) is 12.8. The lowest BCUT2D eigenvalue weighted by molar-refractivity contribution is 0.0891. The Balaban J connectivity index is 1.99. The molecular formula is C16H23FN4O2S. The lowest BCUT2D eigenvalue weighted by Gasteiger charge is -2.24. The molecule has 132 valence electrons. The Kier molecular flexibility index (Phi) is 4.46. The molecule has 6 nitrogen and oxygen atoms in total. The highest BCUT2D eigenvalue weighted by atomic mass is 32.3. The van der Waals surface area contributed by atoms with E-state index in [4.69, 9.17) is 4.74 Å². The molecule has 0 fully saturated rings. The minimum atomic E-state index is -0.647. The highest BCUT2D eigenvalue weighted by molar-refractivity contribution is 8.32. The van der Waals surface area contributed by atoms with Gasteiger partial charge < -0.3 is 4.74 Å². The van der Waals surface area contributed by atoms with Crippen LogP contribution in [0.5, 0.6) is 0 Å². The Morgan fingerprint density at radius 3 is 2.71 bits per heavy atom. The van der Waals surface area contributed by atoms with Crippen molar-refractivity contribution in [3.05, 3.63) is 34.4 Å². The number of anilines is 2. The topological polar surface area (TPSA) is 58.5 Å². The number of rotatable bonds is 5. The van der Waals surface area contributed by atoms with Gasteiger partial charge in [0.25, 0.3) is 5.56 Å². The predicted molar refractivity (Wildman–Crippen MR) is 99.5 cm³/mol. The monoisotopic (exact) mass is 354 g/mol. The van der Waals surface area contributed by atoms with E-state index in [0.29, 0.717) is 23.2 Å². The van der Waals surface area contributed by atoms with Gasteiger partial charge in [-0.15, -0.1) is 5.53 Å². The van der Waals surface area contributed by atoms with Gasteiger partial charge in [-0.3, -0.25) is 19.8 Å². The van der Waals surface area contributed by atoms with Crippen LogP contribution in [0.1, 0.15) is 0 Å². The van der Waals surface area contributed by atoms with Crippen molar-refractivity contribution in [2.24, 2.45) is 0 Å². The fourth-order valence-electron chi connectivity index (χ4n) is 2.65. The summed E-state index contributed by atoms with van der Waals surface area (Å²) >= 11 is 0. The van der Waals surface area contributed by atoms with Crippen LogP contribution in [0.15, 0.2) is 23.0 Å². The van der Waals surface area contributed by atoms with Crippen LogP contribution in [-0.4, -0.2) is 42.7 Å². The van der Waals surface area contributed by atoms with Crippen molar-refractivity contribution >= 4 is 32.3 Å². The molecule has 8 heteroatoms. The van der Waals surface area contributed by atoms with Gasteiger partial charge in [0, 0.05) is 18.2 Å². The molecule has 1 aliphatic rings. The van der Waals surface area contributed by atoms with E-state index < -0.39 is 15.8 Å². The second-order valence-electron chi connectivity index (χ2n) is 6.75. The third-order valence-electron chi connectivity index (χ3n) is 3.94. The molecule has 0 aliphatic carbocycles. The van der Waals surface area contributed by atoms with Crippen LogP contribution in [0.2, 0.25) is 0 Å². The third kappa shape index (κ3) is 3.22. The first kappa shape index (κ1) is 17.1. The molecule has 0 unspecified atom stereocenters. The van der Waals surface area contributed by atoms with E-state index in [9.17, 15) is 9.18 Å². The van der Waals surface area contributed by atoms with Crippen LogP contribution in [0.3, 0.4) is 0 Å². The van der Waals surface area contributed by atoms with Crippen molar-refractivity contribution in [2.75, 3.05) is 48.6 Å². The number of hydrogen-bond donors (Lipinski definition) is 2. The Morgan fingerprint density at radius 1 is 1.25 bits per heavy atom. The Bertz CT molecular complexity index is 831. The number of aromatic nitrogens is 1. The summed E-state index contributed by atoms with van der Waals surface area (Å²) in [7, 11) is 1.19. The fourth-order valence-corrected chi connectivity index (χ4v) is 3.27. The van der Waals surface area contributed by atoms with Gasteiger partial charge in [0.1, 0.15) is 18.2 Å². The van der Waals surface area contributed by atoms with Crippen molar-refractivity contribution in [1.29, 1.82) is 0 Å². The van der Waals surface area contributed by atoms with Gasteiger partial charge in [-0.2, -0.15) is 0 Å². The summed E-state index contributed by atoms with van der Waals surface area (Å²) in [5.41, 5.74) is 6.48. The molecule has 0 bridgehead atoms. The predicted octanol–water partition coefficient (Wildman–Crippen LogP) is 2.09. The normalized spacial score (nSPS) is 14.8. The van der Waals surface area contributed by atoms with Gasteiger partial charge in [0.05, 0.1) is 12.0 Å². The highest BCUT2D eigenvalue weighted by Crippen LogP contribution is 2.35. The highest BCUT2D eigenvalue weighted by Gasteiger charge is 2.24. The number of halogens is 1. The van der Waals surface area contributed by atoms with Crippen LogP contribution in [-0.2, 0) is 11.5 Å². The number of ether oxygens (including phenoxy) is 1. The minimum absolute atomic E-state index is 0.131. The maximum Gasteiger partial charge on any atom is 0.262 e. The van der Waals surface area contributed by atoms with Gasteiger partial charge in [0.15, 0.2) is 5.82 Å². The zero-order valence-electron chi connectivity index (χ0n) is 14.4. The number of hydrazine groups is 2. The van der Waals surface area contributed by atoms with E-state index in [1.54, 1.807) is 11.1 Å². The summed E-state index contributed by atoms with van der Waals surface area (Å²) in [6, 6.07) is 4.27. The average Bonchev–Trinajstić information content (AvgIpc) is 2.87. The van der Waals surface area contributed by atoms with Crippen molar-refractivity contribution in [2.45, 2.75) is 6.73 Å². The molecule has 0 amide bonds. The second-order valence-corrected chi connectivity index (χ2v) is 11.3. The number of benzene rings is 1. The average molecular weight is 354 g/mol. The number of fused-ring (bicyclic) bond motifs is 3. The number of nitrogens with zero attached hydrogens (tertiary/aromatic N) is 2. The lowest BCUT2D eigenvalue weighted by atomic mass is 10.1. The number of nitrogens with one attached hydrogen (secondary N) is 2. The lowest BCUT2D eigenvalue weighted by Crippen LogP contribution is -2.32. The summed E-state index contributed by atoms with van der Waals surface area (Å²) in [5.74, 6) is 1.17. The largest absolute Gasteiger partial charge is 0.360 e. The number of pyridine rings is 1. The maximum absolute atomic E-state index is 13.6. The molecule has 1 aromatic heterocycles. The zero-order valence-corrected chi connectivity index (χ0v) is 15.2. The van der Waals surface area contributed by atoms with E-state index in [2.05, 4.69) is 29.7 Å². The SMILES string of the molecule is CN1NNc2c1c1ccc(F)cc1c(=O)n2COCCS(C)(C)C. The van der Waals surface area contributed by atoms with E-state index in [1.807, 2.05) is 7.05 Å². The smallest absolute Gasteiger partial charge is 0.262 e. The molecule has 24 heavy (non-hydrogen) atoms. The zero-order chi connectivity index (χ0) is 17.5. The van der Waals surface area contributed by atoms with Crippen LogP contribution in [0, 0.1) is 5.82 Å². The molecule has 2 N–H and O–H groups in total. The van der Waals surface area contributed by atoms with Crippen molar-refractivity contribution in [1.82, 2.24) is 10.1 Å². The third-order valence-corrected chi connectivity index (χ3v) is 5.34. The summed E-state index contributed by atoms with van der Waals surface area (Å²) < 4.78 is 20.8. The first-order valence-electron chi connectivity index (χ1n) is 7.63. The minimum Gasteiger partial charge on any atom is -0.360 e. The second kappa shape index (κ2) is 6.27. The first-order chi connectivity index (χ1) is 11.3. The van der Waals surface area contributed by atoms with Crippen LogP contribution >= 0.6 is 10.0 Å². The molecule has 0 radical (unpaired) electrons. The molecule has 0 spiro atoms. The Morgan fingerprint density at radius 2 is 2.00 bits per heavy atom. The van der Waals surface area contributed by atoms with E-state index >= 15 is 0 Å². The molecule has 3 rings (SSSR count). The van der Waals surface area contributed by atoms with Crippen LogP contribution in [0.25, 0.3) is 10.8 Å². The molecular weight excluding hydrogens is 331 g/mol. The summed E-state index contributed by atoms with van der Waals surface area (Å²) in [5, 5.41) is 2.81. The quantitative estimate of drug-likeness (QED) is 0.806. The maximum atomic E-state index is 13.6. The summed E-state index contributed by atoms with van der Waals surface area (Å²) in [6.45, 7) is 0.718. The standard InChI is InChI=1S/C16H23FN4O2S/c1-20-14-12-6-5-11(17)9-13(12)16(22)21(15(14)18-19-20)10-23-7-8-24(2,3)4/h5-6,9,18-19H,7-8,10H2,1-4H3. The van der Waals surface area contributed by atoms with Gasteiger partial charge >= 0.3 is 0 Å². The van der Waals surface area contributed by atoms with Crippen LogP contribution < -0.4 is 21.5 Å².